The molecule has 2 aliphatic heterocycles. The van der Waals surface area contributed by atoms with Crippen molar-refractivity contribution in [3.05, 3.63) is 41.5 Å². The van der Waals surface area contributed by atoms with Crippen molar-refractivity contribution in [2.24, 2.45) is 0 Å². The number of rotatable bonds is 4. The minimum absolute atomic E-state index is 0.113. The quantitative estimate of drug-likeness (QED) is 0.751. The van der Waals surface area contributed by atoms with E-state index in [0.717, 1.165) is 12.8 Å². The summed E-state index contributed by atoms with van der Waals surface area (Å²) in [6, 6.07) is 6.68. The number of likely N-dealkylation sites (N-methyl/N-ethyl adjacent to an activating group) is 1. The van der Waals surface area contributed by atoms with Crippen LogP contribution in [0.4, 0.5) is 0 Å². The topological polar surface area (TPSA) is 60.9 Å². The average Bonchev–Trinajstić information content (AvgIpc) is 3.13. The van der Waals surface area contributed by atoms with Gasteiger partial charge >= 0.3 is 0 Å². The Morgan fingerprint density at radius 2 is 2.00 bits per heavy atom. The Hall–Kier alpha value is -1.70. The molecule has 0 aromatic heterocycles. The van der Waals surface area contributed by atoms with Crippen LogP contribution in [0.2, 0.25) is 0 Å². The van der Waals surface area contributed by atoms with Gasteiger partial charge in [0.15, 0.2) is 0 Å². The van der Waals surface area contributed by atoms with Crippen molar-refractivity contribution < 1.29 is 13.2 Å². The molecule has 0 spiro atoms. The maximum Gasteiger partial charge on any atom is 0.254 e. The van der Waals surface area contributed by atoms with Gasteiger partial charge in [-0.1, -0.05) is 17.7 Å². The predicted octanol–water partition coefficient (Wildman–Crippen LogP) is 1.80. The highest BCUT2D eigenvalue weighted by Crippen LogP contribution is 2.24. The molecule has 2 heterocycles. The van der Waals surface area contributed by atoms with Crippen molar-refractivity contribution in [3.8, 4) is 0 Å². The van der Waals surface area contributed by atoms with Gasteiger partial charge in [0.2, 0.25) is 10.0 Å². The molecule has 1 aromatic carbocycles. The number of hydrogen-bond donors (Lipinski definition) is 0. The molecule has 1 fully saturated rings. The lowest BCUT2D eigenvalue weighted by Crippen LogP contribution is -2.35. The van der Waals surface area contributed by atoms with E-state index in [0.29, 0.717) is 31.7 Å². The molecule has 142 valence electrons. The number of benzene rings is 1. The van der Waals surface area contributed by atoms with Crippen LogP contribution >= 0.6 is 0 Å². The van der Waals surface area contributed by atoms with Crippen molar-refractivity contribution >= 4 is 15.9 Å². The van der Waals surface area contributed by atoms with Gasteiger partial charge in [-0.2, -0.15) is 4.31 Å². The molecule has 0 bridgehead atoms. The van der Waals surface area contributed by atoms with Gasteiger partial charge in [0.25, 0.3) is 5.91 Å². The van der Waals surface area contributed by atoms with E-state index >= 15 is 0 Å². The third-order valence-corrected chi connectivity index (χ3v) is 7.16. The first-order valence-electron chi connectivity index (χ1n) is 9.00. The third-order valence-electron chi connectivity index (χ3n) is 5.30. The van der Waals surface area contributed by atoms with Crippen LogP contribution in [0, 0.1) is 0 Å². The first kappa shape index (κ1) is 19.1. The van der Waals surface area contributed by atoms with Gasteiger partial charge in [-0.25, -0.2) is 8.42 Å². The highest BCUT2D eigenvalue weighted by atomic mass is 32.2. The fraction of sp³-hybridized carbons (Fsp3) is 0.526. The molecule has 0 radical (unpaired) electrons. The van der Waals surface area contributed by atoms with Crippen molar-refractivity contribution in [3.63, 3.8) is 0 Å². The number of nitrogens with zero attached hydrogens (tertiary/aromatic N) is 3. The zero-order chi connectivity index (χ0) is 18.9. The van der Waals surface area contributed by atoms with Crippen LogP contribution in [0.1, 0.15) is 30.1 Å². The summed E-state index contributed by atoms with van der Waals surface area (Å²) in [4.78, 5) is 16.7. The van der Waals surface area contributed by atoms with Crippen molar-refractivity contribution in [2.75, 3.05) is 40.3 Å². The van der Waals surface area contributed by atoms with E-state index < -0.39 is 10.0 Å². The van der Waals surface area contributed by atoms with Crippen LogP contribution in [0.5, 0.6) is 0 Å². The Kier molecular flexibility index (Phi) is 5.50. The Balaban J connectivity index is 1.79. The lowest BCUT2D eigenvalue weighted by molar-refractivity contribution is 0.0769. The lowest BCUT2D eigenvalue weighted by Gasteiger charge is -2.26. The minimum Gasteiger partial charge on any atom is -0.335 e. The first-order chi connectivity index (χ1) is 12.3. The SMILES string of the molecule is CC1=CCN(C(=O)c2cccc(S(=O)(=O)N3CC[C@@H](N(C)C)C3)c2)CC1. The Morgan fingerprint density at radius 3 is 2.62 bits per heavy atom. The maximum absolute atomic E-state index is 13.0. The molecule has 0 unspecified atom stereocenters. The highest BCUT2D eigenvalue weighted by Gasteiger charge is 2.33. The summed E-state index contributed by atoms with van der Waals surface area (Å²) in [7, 11) is 0.358. The largest absolute Gasteiger partial charge is 0.335 e. The second-order valence-corrected chi connectivity index (χ2v) is 9.29. The molecule has 26 heavy (non-hydrogen) atoms. The first-order valence-corrected chi connectivity index (χ1v) is 10.4. The fourth-order valence-electron chi connectivity index (χ4n) is 3.43. The van der Waals surface area contributed by atoms with Crippen molar-refractivity contribution in [2.45, 2.75) is 30.7 Å². The van der Waals surface area contributed by atoms with Crippen LogP contribution in [-0.2, 0) is 10.0 Å². The minimum atomic E-state index is -3.58. The normalized spacial score (nSPS) is 21.9. The van der Waals surface area contributed by atoms with Crippen LogP contribution in [0.25, 0.3) is 0 Å². The van der Waals surface area contributed by atoms with Crippen molar-refractivity contribution in [1.82, 2.24) is 14.1 Å². The monoisotopic (exact) mass is 377 g/mol. The summed E-state index contributed by atoms with van der Waals surface area (Å²) in [5.74, 6) is -0.113. The second kappa shape index (κ2) is 7.50. The summed E-state index contributed by atoms with van der Waals surface area (Å²) < 4.78 is 27.5. The van der Waals surface area contributed by atoms with Gasteiger partial charge in [-0.15, -0.1) is 0 Å². The number of carbonyl (C=O) groups is 1. The molecule has 2 aliphatic rings. The zero-order valence-corrected chi connectivity index (χ0v) is 16.5. The number of amides is 1. The number of hydrogen-bond acceptors (Lipinski definition) is 4. The highest BCUT2D eigenvalue weighted by molar-refractivity contribution is 7.89. The van der Waals surface area contributed by atoms with Gasteiger partial charge < -0.3 is 9.80 Å². The molecule has 0 aliphatic carbocycles. The van der Waals surface area contributed by atoms with Crippen LogP contribution in [-0.4, -0.2) is 74.7 Å². The lowest BCUT2D eigenvalue weighted by atomic mass is 10.1. The molecule has 0 saturated carbocycles. The molecule has 1 amide bonds. The van der Waals surface area contributed by atoms with E-state index in [2.05, 4.69) is 11.8 Å². The predicted molar refractivity (Wildman–Crippen MR) is 102 cm³/mol. The van der Waals surface area contributed by atoms with E-state index in [-0.39, 0.29) is 16.8 Å². The Morgan fingerprint density at radius 1 is 1.23 bits per heavy atom. The average molecular weight is 378 g/mol. The van der Waals surface area contributed by atoms with Crippen molar-refractivity contribution in [1.29, 1.82) is 0 Å². The molecule has 3 rings (SSSR count). The van der Waals surface area contributed by atoms with E-state index in [1.807, 2.05) is 20.2 Å². The molecular formula is C19H27N3O3S. The van der Waals surface area contributed by atoms with E-state index in [9.17, 15) is 13.2 Å². The molecule has 1 aromatic rings. The van der Waals surface area contributed by atoms with E-state index in [4.69, 9.17) is 0 Å². The second-order valence-electron chi connectivity index (χ2n) is 7.35. The van der Waals surface area contributed by atoms with E-state index in [1.54, 1.807) is 23.1 Å². The van der Waals surface area contributed by atoms with Crippen LogP contribution < -0.4 is 0 Å². The molecule has 1 atom stereocenters. The standard InChI is InChI=1S/C19H27N3O3S/c1-15-7-10-21(11-8-15)19(23)16-5-4-6-18(13-16)26(24,25)22-12-9-17(14-22)20(2)3/h4-7,13,17H,8-12,14H2,1-3H3/t17-/m1/s1. The fourth-order valence-corrected chi connectivity index (χ4v) is 4.97. The summed E-state index contributed by atoms with van der Waals surface area (Å²) in [6.07, 6.45) is 3.74. The Bertz CT molecular complexity index is 817. The summed E-state index contributed by atoms with van der Waals surface area (Å²) in [5.41, 5.74) is 1.72. The van der Waals surface area contributed by atoms with Gasteiger partial charge in [-0.05, 0) is 52.1 Å². The number of carbonyl (C=O) groups excluding carboxylic acids is 1. The van der Waals surface area contributed by atoms with Gasteiger partial charge in [0.05, 0.1) is 4.90 Å². The van der Waals surface area contributed by atoms with Crippen LogP contribution in [0.15, 0.2) is 40.8 Å². The molecular weight excluding hydrogens is 350 g/mol. The summed E-state index contributed by atoms with van der Waals surface area (Å²) in [6.45, 7) is 4.32. The number of sulfonamides is 1. The van der Waals surface area contributed by atoms with E-state index in [1.165, 1.54) is 15.9 Å². The van der Waals surface area contributed by atoms with Gasteiger partial charge in [0.1, 0.15) is 0 Å². The third kappa shape index (κ3) is 3.84. The smallest absolute Gasteiger partial charge is 0.254 e. The summed E-state index contributed by atoms with van der Waals surface area (Å²) >= 11 is 0. The summed E-state index contributed by atoms with van der Waals surface area (Å²) in [5, 5.41) is 0. The van der Waals surface area contributed by atoms with Crippen LogP contribution in [0.3, 0.4) is 0 Å². The van der Waals surface area contributed by atoms with Gasteiger partial charge in [0, 0.05) is 37.8 Å². The molecule has 0 N–H and O–H groups in total. The molecule has 7 heteroatoms. The Labute approximate surface area is 156 Å². The zero-order valence-electron chi connectivity index (χ0n) is 15.7. The maximum atomic E-state index is 13.0. The van der Waals surface area contributed by atoms with Gasteiger partial charge in [-0.3, -0.25) is 4.79 Å². The molecule has 6 nitrogen and oxygen atoms in total. The molecule has 1 saturated heterocycles.